The lowest BCUT2D eigenvalue weighted by Crippen LogP contribution is -2.53. The molecule has 0 spiro atoms. The molecule has 0 aromatic rings. The fraction of sp³-hybridized carbons (Fsp3) is 0.786. The summed E-state index contributed by atoms with van der Waals surface area (Å²) in [7, 11) is 0. The van der Waals surface area contributed by atoms with Crippen LogP contribution in [0.3, 0.4) is 0 Å². The van der Waals surface area contributed by atoms with Crippen LogP contribution < -0.4 is 5.32 Å². The number of hydrogen-bond donors (Lipinski definition) is 2. The van der Waals surface area contributed by atoms with E-state index < -0.39 is 5.60 Å². The van der Waals surface area contributed by atoms with E-state index in [2.05, 4.69) is 16.8 Å². The number of carbonyl (C=O) groups is 1. The maximum Gasteiger partial charge on any atom is 0.253 e. The Balaban J connectivity index is 1.76. The molecule has 0 aromatic heterocycles. The number of piperidine rings is 1. The van der Waals surface area contributed by atoms with Crippen molar-refractivity contribution in [2.75, 3.05) is 31.1 Å². The molecule has 0 radical (unpaired) electrons. The first-order valence-corrected chi connectivity index (χ1v) is 8.13. The fourth-order valence-corrected chi connectivity index (χ4v) is 3.91. The van der Waals surface area contributed by atoms with Crippen LogP contribution in [0.5, 0.6) is 0 Å². The highest BCUT2D eigenvalue weighted by Gasteiger charge is 2.40. The Hall–Kier alpha value is -0.520. The van der Waals surface area contributed by atoms with Gasteiger partial charge in [-0.15, -0.1) is 0 Å². The van der Waals surface area contributed by atoms with Gasteiger partial charge in [-0.1, -0.05) is 12.2 Å². The number of aliphatic hydroxyl groups is 1. The summed E-state index contributed by atoms with van der Waals surface area (Å²) in [6.07, 6.45) is 2.50. The van der Waals surface area contributed by atoms with Crippen molar-refractivity contribution in [3.63, 3.8) is 0 Å². The molecule has 1 atom stereocenters. The summed E-state index contributed by atoms with van der Waals surface area (Å²) in [5.41, 5.74) is 0.0549. The van der Waals surface area contributed by atoms with Gasteiger partial charge in [-0.25, -0.2) is 0 Å². The first-order valence-electron chi connectivity index (χ1n) is 6.97. The molecule has 0 aromatic carbocycles. The third-order valence-corrected chi connectivity index (χ3v) is 5.01. The zero-order chi connectivity index (χ0) is 13.9. The smallest absolute Gasteiger partial charge is 0.253 e. The Morgan fingerprint density at radius 2 is 2.21 bits per heavy atom. The Labute approximate surface area is 119 Å². The zero-order valence-corrected chi connectivity index (χ0v) is 12.5. The van der Waals surface area contributed by atoms with Gasteiger partial charge in [0, 0.05) is 31.4 Å². The highest BCUT2D eigenvalue weighted by molar-refractivity contribution is 7.99. The molecule has 2 rings (SSSR count). The van der Waals surface area contributed by atoms with Crippen LogP contribution in [0.1, 0.15) is 26.2 Å². The predicted molar refractivity (Wildman–Crippen MR) is 79.3 cm³/mol. The van der Waals surface area contributed by atoms with Crippen LogP contribution >= 0.6 is 11.8 Å². The average molecular weight is 284 g/mol. The van der Waals surface area contributed by atoms with E-state index in [0.29, 0.717) is 12.2 Å². The summed E-state index contributed by atoms with van der Waals surface area (Å²) in [5, 5.41) is 13.2. The normalized spacial score (nSPS) is 29.4. The number of carbonyl (C=O) groups excluding carboxylic acids is 1. The molecule has 2 N–H and O–H groups in total. The number of likely N-dealkylation sites (tertiary alicyclic amines) is 1. The van der Waals surface area contributed by atoms with Gasteiger partial charge < -0.3 is 10.4 Å². The van der Waals surface area contributed by atoms with E-state index in [1.807, 2.05) is 6.92 Å². The zero-order valence-electron chi connectivity index (χ0n) is 11.7. The lowest BCUT2D eigenvalue weighted by Gasteiger charge is -2.33. The number of nitrogens with one attached hydrogen (secondary N) is 1. The van der Waals surface area contributed by atoms with Crippen molar-refractivity contribution in [1.82, 2.24) is 10.2 Å². The second kappa shape index (κ2) is 6.29. The van der Waals surface area contributed by atoms with Gasteiger partial charge in [-0.3, -0.25) is 9.69 Å². The molecule has 2 saturated heterocycles. The molecular formula is C14H24N2O2S. The van der Waals surface area contributed by atoms with Gasteiger partial charge in [-0.05, 0) is 31.9 Å². The molecule has 5 heteroatoms. The largest absolute Gasteiger partial charge is 0.379 e. The van der Waals surface area contributed by atoms with Crippen LogP contribution in [0.4, 0.5) is 0 Å². The van der Waals surface area contributed by atoms with Crippen LogP contribution in [0, 0.1) is 0 Å². The lowest BCUT2D eigenvalue weighted by atomic mass is 9.99. The van der Waals surface area contributed by atoms with E-state index >= 15 is 0 Å². The minimum atomic E-state index is -1.13. The van der Waals surface area contributed by atoms with Crippen molar-refractivity contribution in [3.05, 3.63) is 12.2 Å². The third-order valence-electron chi connectivity index (χ3n) is 3.84. The van der Waals surface area contributed by atoms with E-state index in [9.17, 15) is 9.90 Å². The molecule has 0 saturated carbocycles. The minimum absolute atomic E-state index is 0.171. The molecule has 2 heterocycles. The molecule has 1 unspecified atom stereocenters. The first-order chi connectivity index (χ1) is 8.99. The van der Waals surface area contributed by atoms with Crippen LogP contribution in [-0.2, 0) is 4.79 Å². The van der Waals surface area contributed by atoms with Crippen molar-refractivity contribution in [2.45, 2.75) is 37.8 Å². The average Bonchev–Trinajstić information content (AvgIpc) is 2.79. The Morgan fingerprint density at radius 1 is 1.53 bits per heavy atom. The first kappa shape index (κ1) is 14.9. The molecule has 0 bridgehead atoms. The molecule has 4 nitrogen and oxygen atoms in total. The maximum absolute atomic E-state index is 12.1. The molecule has 2 aliphatic heterocycles. The van der Waals surface area contributed by atoms with Crippen molar-refractivity contribution >= 4 is 17.7 Å². The van der Waals surface area contributed by atoms with Gasteiger partial charge >= 0.3 is 0 Å². The van der Waals surface area contributed by atoms with Crippen molar-refractivity contribution < 1.29 is 9.90 Å². The van der Waals surface area contributed by atoms with Gasteiger partial charge in [0.25, 0.3) is 5.91 Å². The van der Waals surface area contributed by atoms with Crippen molar-refractivity contribution in [3.8, 4) is 0 Å². The summed E-state index contributed by atoms with van der Waals surface area (Å²) < 4.78 is 0. The van der Waals surface area contributed by atoms with E-state index in [1.165, 1.54) is 5.57 Å². The Kier molecular flexibility index (Phi) is 4.92. The molecule has 108 valence electrons. The summed E-state index contributed by atoms with van der Waals surface area (Å²) in [6, 6.07) is 0.212. The molecule has 0 aliphatic carbocycles. The second-order valence-corrected chi connectivity index (χ2v) is 6.92. The number of nitrogens with zero attached hydrogens (tertiary/aromatic N) is 1. The third kappa shape index (κ3) is 3.97. The number of thioether (sulfide) groups is 1. The van der Waals surface area contributed by atoms with Crippen LogP contribution in [-0.4, -0.2) is 58.7 Å². The Morgan fingerprint density at radius 3 is 2.74 bits per heavy atom. The summed E-state index contributed by atoms with van der Waals surface area (Å²) in [4.78, 5) is 14.5. The number of amides is 1. The molecule has 19 heavy (non-hydrogen) atoms. The predicted octanol–water partition coefficient (Wildman–Crippen LogP) is 1.01. The van der Waals surface area contributed by atoms with Crippen molar-refractivity contribution in [2.24, 2.45) is 0 Å². The monoisotopic (exact) mass is 284 g/mol. The van der Waals surface area contributed by atoms with E-state index in [-0.39, 0.29) is 11.9 Å². The quantitative estimate of drug-likeness (QED) is 0.757. The number of hydrogen-bond acceptors (Lipinski definition) is 4. The van der Waals surface area contributed by atoms with Crippen LogP contribution in [0.15, 0.2) is 12.2 Å². The SMILES string of the molecule is C=C(C)CN1CCC(NC(=O)C2(O)CCSC2)CC1. The minimum Gasteiger partial charge on any atom is -0.379 e. The topological polar surface area (TPSA) is 52.6 Å². The van der Waals surface area contributed by atoms with Gasteiger partial charge in [0.05, 0.1) is 0 Å². The fourth-order valence-electron chi connectivity index (χ4n) is 2.67. The molecule has 1 amide bonds. The summed E-state index contributed by atoms with van der Waals surface area (Å²) in [6.45, 7) is 8.90. The van der Waals surface area contributed by atoms with E-state index in [4.69, 9.17) is 0 Å². The van der Waals surface area contributed by atoms with E-state index in [1.54, 1.807) is 11.8 Å². The number of rotatable bonds is 4. The van der Waals surface area contributed by atoms with Gasteiger partial charge in [0.2, 0.25) is 0 Å². The Bertz CT molecular complexity index is 345. The maximum atomic E-state index is 12.1. The standard InChI is InChI=1S/C14H24N2O2S/c1-11(2)9-16-6-3-12(4-7-16)15-13(17)14(18)5-8-19-10-14/h12,18H,1,3-10H2,2H3,(H,15,17). The summed E-state index contributed by atoms with van der Waals surface area (Å²) in [5.74, 6) is 1.24. The molecule has 2 fully saturated rings. The van der Waals surface area contributed by atoms with Crippen molar-refractivity contribution in [1.29, 1.82) is 0 Å². The molecule has 2 aliphatic rings. The van der Waals surface area contributed by atoms with E-state index in [0.717, 1.165) is 38.2 Å². The molecular weight excluding hydrogens is 260 g/mol. The summed E-state index contributed by atoms with van der Waals surface area (Å²) >= 11 is 1.65. The van der Waals surface area contributed by atoms with Gasteiger partial charge in [0.15, 0.2) is 5.60 Å². The van der Waals surface area contributed by atoms with Crippen LogP contribution in [0.2, 0.25) is 0 Å². The van der Waals surface area contributed by atoms with Crippen LogP contribution in [0.25, 0.3) is 0 Å². The van der Waals surface area contributed by atoms with Gasteiger partial charge in [-0.2, -0.15) is 11.8 Å². The lowest BCUT2D eigenvalue weighted by molar-refractivity contribution is -0.138. The van der Waals surface area contributed by atoms with Gasteiger partial charge in [0.1, 0.15) is 0 Å². The second-order valence-electron chi connectivity index (χ2n) is 5.82. The highest BCUT2D eigenvalue weighted by atomic mass is 32.2. The highest BCUT2D eigenvalue weighted by Crippen LogP contribution is 2.28.